The van der Waals surface area contributed by atoms with E-state index in [4.69, 9.17) is 41.7 Å². The lowest BCUT2D eigenvalue weighted by Gasteiger charge is -2.56. The second kappa shape index (κ2) is 21.0. The number of benzene rings is 3. The molecule has 60 heavy (non-hydrogen) atoms. The van der Waals surface area contributed by atoms with Crippen molar-refractivity contribution in [2.75, 3.05) is 20.7 Å². The van der Waals surface area contributed by atoms with E-state index in [1.807, 2.05) is 60.7 Å². The van der Waals surface area contributed by atoms with Gasteiger partial charge in [0.25, 0.3) is 0 Å². The molecule has 9 nitrogen and oxygen atoms in total. The molecule has 1 fully saturated rings. The third-order valence-electron chi connectivity index (χ3n) is 13.2. The highest BCUT2D eigenvalue weighted by molar-refractivity contribution is 6.75. The Morgan fingerprint density at radius 1 is 0.400 bits per heavy atom. The topological polar surface area (TPSA) is 83.1 Å². The van der Waals surface area contributed by atoms with E-state index in [1.165, 1.54) is 0 Å². The summed E-state index contributed by atoms with van der Waals surface area (Å²) in [6.45, 7) is 35.3. The first-order chi connectivity index (χ1) is 27.9. The number of ether oxygens (including phenoxy) is 6. The van der Waals surface area contributed by atoms with Gasteiger partial charge in [-0.05, 0) is 83.2 Å². The van der Waals surface area contributed by atoms with E-state index < -0.39 is 61.6 Å². The Kier molecular flexibility index (Phi) is 17.6. The molecule has 0 amide bonds. The summed E-state index contributed by atoms with van der Waals surface area (Å²) in [5.41, 5.74) is 3.10. The van der Waals surface area contributed by atoms with E-state index >= 15 is 0 Å². The summed E-state index contributed by atoms with van der Waals surface area (Å²) < 4.78 is 62.0. The van der Waals surface area contributed by atoms with Crippen LogP contribution in [0.4, 0.5) is 0 Å². The summed E-state index contributed by atoms with van der Waals surface area (Å²) in [6.07, 6.45) is -3.73. The van der Waals surface area contributed by atoms with Crippen LogP contribution in [0, 0.1) is 0 Å². The van der Waals surface area contributed by atoms with Gasteiger partial charge >= 0.3 is 0 Å². The predicted octanol–water partition coefficient (Wildman–Crippen LogP) is 11.9. The Balaban J connectivity index is 1.91. The first-order valence-corrected chi connectivity index (χ1v) is 30.3. The molecule has 1 saturated carbocycles. The van der Waals surface area contributed by atoms with Crippen LogP contribution in [0.25, 0.3) is 0 Å². The first kappa shape index (κ1) is 50.4. The van der Waals surface area contributed by atoms with Crippen LogP contribution < -0.4 is 4.74 Å². The highest BCUT2D eigenvalue weighted by Gasteiger charge is 2.60. The van der Waals surface area contributed by atoms with E-state index in [0.717, 1.165) is 22.4 Å². The van der Waals surface area contributed by atoms with Crippen LogP contribution >= 0.6 is 0 Å². The van der Waals surface area contributed by atoms with Gasteiger partial charge in [-0.25, -0.2) is 0 Å². The highest BCUT2D eigenvalue weighted by Crippen LogP contribution is 2.47. The largest absolute Gasteiger partial charge is 0.497 e. The summed E-state index contributed by atoms with van der Waals surface area (Å²) in [5, 5.41) is -0.338. The van der Waals surface area contributed by atoms with Crippen LogP contribution in [0.5, 0.6) is 5.75 Å². The minimum absolute atomic E-state index is 0.0110. The van der Waals surface area contributed by atoms with Gasteiger partial charge in [0, 0.05) is 0 Å². The van der Waals surface area contributed by atoms with E-state index in [1.54, 1.807) is 7.11 Å². The lowest BCUT2D eigenvalue weighted by molar-refractivity contribution is -0.276. The molecular weight excluding hydrogens is 805 g/mol. The van der Waals surface area contributed by atoms with Gasteiger partial charge in [0.1, 0.15) is 56.0 Å². The SMILES string of the molecule is COc1ccc(COC2[C@H](OCOCc3ccccc3)[C@H](O[Si](C)(C)C(C)(C)C)C(O[Si](C)(C)C(C)(C)C)[C@H](O[Si](C)(C)C(C)(C)C)[C@H]2OCOCc2ccccc2)cc1. The smallest absolute Gasteiger partial charge is 0.192 e. The lowest BCUT2D eigenvalue weighted by Crippen LogP contribution is -2.72. The van der Waals surface area contributed by atoms with Crippen molar-refractivity contribution < 1.29 is 41.7 Å². The van der Waals surface area contributed by atoms with Crippen molar-refractivity contribution in [3.63, 3.8) is 0 Å². The third-order valence-corrected chi connectivity index (χ3v) is 26.6. The summed E-state index contributed by atoms with van der Waals surface area (Å²) in [5.74, 6) is 0.779. The minimum atomic E-state index is -2.50. The molecule has 3 aromatic carbocycles. The van der Waals surface area contributed by atoms with Crippen molar-refractivity contribution in [1.82, 2.24) is 0 Å². The van der Waals surface area contributed by atoms with E-state index in [-0.39, 0.29) is 35.3 Å². The Morgan fingerprint density at radius 3 is 1.05 bits per heavy atom. The van der Waals surface area contributed by atoms with Crippen LogP contribution in [0.3, 0.4) is 0 Å². The maximum Gasteiger partial charge on any atom is 0.192 e. The molecule has 0 heterocycles. The van der Waals surface area contributed by atoms with Crippen LogP contribution in [0.1, 0.15) is 79.0 Å². The lowest BCUT2D eigenvalue weighted by atomic mass is 9.84. The Labute approximate surface area is 366 Å². The van der Waals surface area contributed by atoms with Crippen molar-refractivity contribution in [2.24, 2.45) is 0 Å². The highest BCUT2D eigenvalue weighted by atomic mass is 28.4. The zero-order valence-electron chi connectivity index (χ0n) is 39.8. The molecule has 1 aliphatic carbocycles. The standard InChI is InChI=1S/C48H78O9Si3/c1-46(2,3)58(11,12)55-43-41(53-34-50-31-36-23-19-17-20-24-36)40(52-33-38-27-29-39(49-10)30-28-38)42(54-35-51-32-37-25-21-18-22-26-37)44(56-59(13,14)47(4,5)6)45(43)57-60(15,16)48(7,8)9/h17-30,40-45H,31-35H2,1-16H3/t40?,41-,42-,43-,44+,45?/m0/s1. The molecule has 3 aromatic rings. The second-order valence-electron chi connectivity index (χ2n) is 20.8. The molecule has 6 atom stereocenters. The average molecular weight is 883 g/mol. The number of rotatable bonds is 20. The number of methoxy groups -OCH3 is 1. The summed E-state index contributed by atoms with van der Waals surface area (Å²) >= 11 is 0. The monoisotopic (exact) mass is 882 g/mol. The molecule has 1 aliphatic rings. The van der Waals surface area contributed by atoms with Crippen LogP contribution in [-0.4, -0.2) is 82.3 Å². The molecule has 12 heteroatoms. The van der Waals surface area contributed by atoms with Crippen LogP contribution in [-0.2, 0) is 56.8 Å². The molecule has 0 radical (unpaired) electrons. The Bertz CT molecular complexity index is 1610. The van der Waals surface area contributed by atoms with Gasteiger partial charge in [-0.3, -0.25) is 0 Å². The van der Waals surface area contributed by atoms with E-state index in [0.29, 0.717) is 13.2 Å². The number of hydrogen-bond donors (Lipinski definition) is 0. The normalized spacial score (nSPS) is 22.2. The van der Waals surface area contributed by atoms with Crippen LogP contribution in [0.2, 0.25) is 54.4 Å². The second-order valence-corrected chi connectivity index (χ2v) is 35.1. The van der Waals surface area contributed by atoms with Crippen molar-refractivity contribution in [3.05, 3.63) is 102 Å². The molecule has 2 unspecified atom stereocenters. The quantitative estimate of drug-likeness (QED) is 0.0626. The van der Waals surface area contributed by atoms with E-state index in [9.17, 15) is 0 Å². The maximum atomic E-state index is 7.66. The van der Waals surface area contributed by atoms with Crippen molar-refractivity contribution in [1.29, 1.82) is 0 Å². The van der Waals surface area contributed by atoms with Crippen molar-refractivity contribution in [3.8, 4) is 5.75 Å². The molecule has 4 rings (SSSR count). The Morgan fingerprint density at radius 2 is 0.717 bits per heavy atom. The van der Waals surface area contributed by atoms with Gasteiger partial charge in [0.05, 0.1) is 26.9 Å². The molecule has 0 spiro atoms. The fourth-order valence-corrected chi connectivity index (χ4v) is 10.2. The molecule has 0 aromatic heterocycles. The molecule has 0 saturated heterocycles. The number of hydrogen-bond acceptors (Lipinski definition) is 9. The minimum Gasteiger partial charge on any atom is -0.497 e. The van der Waals surface area contributed by atoms with Gasteiger partial charge in [-0.2, -0.15) is 0 Å². The molecule has 336 valence electrons. The molecule has 0 aliphatic heterocycles. The van der Waals surface area contributed by atoms with Crippen molar-refractivity contribution >= 4 is 25.0 Å². The zero-order chi connectivity index (χ0) is 44.6. The van der Waals surface area contributed by atoms with E-state index in [2.05, 4.69) is 126 Å². The van der Waals surface area contributed by atoms with Gasteiger partial charge in [-0.1, -0.05) is 135 Å². The van der Waals surface area contributed by atoms with Crippen LogP contribution in [0.15, 0.2) is 84.9 Å². The van der Waals surface area contributed by atoms with Gasteiger partial charge in [-0.15, -0.1) is 0 Å². The molecular formula is C48H78O9Si3. The Hall–Kier alpha value is -2.21. The summed E-state index contributed by atoms with van der Waals surface area (Å²) in [6, 6.07) is 28.2. The predicted molar refractivity (Wildman–Crippen MR) is 250 cm³/mol. The molecule has 0 N–H and O–H groups in total. The molecule has 0 bridgehead atoms. The summed E-state index contributed by atoms with van der Waals surface area (Å²) in [4.78, 5) is 0. The van der Waals surface area contributed by atoms with Gasteiger partial charge in [0.2, 0.25) is 0 Å². The first-order valence-electron chi connectivity index (χ1n) is 21.6. The maximum absolute atomic E-state index is 7.66. The zero-order valence-corrected chi connectivity index (χ0v) is 42.8. The fraction of sp³-hybridized carbons (Fsp3) is 0.625. The van der Waals surface area contributed by atoms with Gasteiger partial charge in [0.15, 0.2) is 25.0 Å². The summed E-state index contributed by atoms with van der Waals surface area (Å²) in [7, 11) is -5.84. The van der Waals surface area contributed by atoms with Crippen molar-refractivity contribution in [2.45, 2.75) is 173 Å². The third kappa shape index (κ3) is 13.6. The van der Waals surface area contributed by atoms with Gasteiger partial charge < -0.3 is 41.7 Å². The fourth-order valence-electron chi connectivity index (χ4n) is 6.28. The average Bonchev–Trinajstić information content (AvgIpc) is 3.16.